The van der Waals surface area contributed by atoms with Gasteiger partial charge in [-0.25, -0.2) is 4.39 Å². The fraction of sp³-hybridized carbons (Fsp3) is 0.200. The molecule has 4 rings (SSSR count). The van der Waals surface area contributed by atoms with Gasteiger partial charge in [-0.2, -0.15) is 4.39 Å². The Morgan fingerprint density at radius 2 is 1.03 bits per heavy atom. The Balaban J connectivity index is 1.52. The molecule has 0 aliphatic heterocycles. The van der Waals surface area contributed by atoms with Crippen molar-refractivity contribution >= 4 is 0 Å². The molecule has 0 radical (unpaired) electrons. The SMILES string of the molecule is CCCOc1ccc(-c2ccc(-c3ccc(-c4ccc(CCC)cc4)cc3)cc2)c(F)c1F. The maximum atomic E-state index is 14.6. The minimum Gasteiger partial charge on any atom is -0.490 e. The zero-order valence-electron chi connectivity index (χ0n) is 19.1. The molecule has 0 amide bonds. The van der Waals surface area contributed by atoms with Crippen LogP contribution in [-0.2, 0) is 6.42 Å². The van der Waals surface area contributed by atoms with E-state index in [-0.39, 0.29) is 11.3 Å². The predicted molar refractivity (Wildman–Crippen MR) is 132 cm³/mol. The Hall–Kier alpha value is -3.46. The van der Waals surface area contributed by atoms with E-state index in [0.29, 0.717) is 12.2 Å². The molecule has 0 saturated carbocycles. The van der Waals surface area contributed by atoms with Crippen LogP contribution < -0.4 is 4.74 Å². The molecule has 0 unspecified atom stereocenters. The largest absolute Gasteiger partial charge is 0.490 e. The standard InChI is InChI=1S/C30H28F2O/c1-3-5-21-6-8-22(9-7-21)23-10-12-24(13-11-23)25-14-16-26(17-15-25)27-18-19-28(33-20-4-2)30(32)29(27)31/h6-19H,3-5,20H2,1-2H3. The number of halogens is 2. The summed E-state index contributed by atoms with van der Waals surface area (Å²) in [4.78, 5) is 0. The summed E-state index contributed by atoms with van der Waals surface area (Å²) in [6.07, 6.45) is 2.98. The number of ether oxygens (including phenoxy) is 1. The van der Waals surface area contributed by atoms with Crippen molar-refractivity contribution < 1.29 is 13.5 Å². The Kier molecular flexibility index (Phi) is 7.19. The fourth-order valence-electron chi connectivity index (χ4n) is 3.93. The first kappa shape index (κ1) is 22.7. The Labute approximate surface area is 194 Å². The lowest BCUT2D eigenvalue weighted by Crippen LogP contribution is -2.00. The van der Waals surface area contributed by atoms with E-state index in [2.05, 4.69) is 55.5 Å². The molecule has 3 heteroatoms. The van der Waals surface area contributed by atoms with E-state index in [1.54, 1.807) is 6.07 Å². The quantitative estimate of drug-likeness (QED) is 0.265. The van der Waals surface area contributed by atoms with Crippen LogP contribution in [0.4, 0.5) is 8.78 Å². The average Bonchev–Trinajstić information content (AvgIpc) is 2.86. The smallest absolute Gasteiger partial charge is 0.201 e. The van der Waals surface area contributed by atoms with Gasteiger partial charge in [-0.1, -0.05) is 93.1 Å². The summed E-state index contributed by atoms with van der Waals surface area (Å²) < 4.78 is 34.2. The summed E-state index contributed by atoms with van der Waals surface area (Å²) in [6.45, 7) is 4.46. The third-order valence-corrected chi connectivity index (χ3v) is 5.75. The van der Waals surface area contributed by atoms with Gasteiger partial charge in [0.05, 0.1) is 6.61 Å². The molecule has 0 aliphatic carbocycles. The van der Waals surface area contributed by atoms with Crippen molar-refractivity contribution in [3.63, 3.8) is 0 Å². The lowest BCUT2D eigenvalue weighted by atomic mass is 9.97. The summed E-state index contributed by atoms with van der Waals surface area (Å²) in [7, 11) is 0. The molecular formula is C30H28F2O. The van der Waals surface area contributed by atoms with Gasteiger partial charge in [0.15, 0.2) is 11.6 Å². The maximum Gasteiger partial charge on any atom is 0.201 e. The van der Waals surface area contributed by atoms with Crippen molar-refractivity contribution in [1.29, 1.82) is 0 Å². The molecule has 4 aromatic rings. The van der Waals surface area contributed by atoms with Crippen molar-refractivity contribution in [2.75, 3.05) is 6.61 Å². The van der Waals surface area contributed by atoms with Crippen LogP contribution >= 0.6 is 0 Å². The molecule has 0 aromatic heterocycles. The molecule has 168 valence electrons. The molecule has 0 saturated heterocycles. The van der Waals surface area contributed by atoms with Crippen LogP contribution in [0.1, 0.15) is 32.3 Å². The molecule has 0 aliphatic rings. The topological polar surface area (TPSA) is 9.23 Å². The van der Waals surface area contributed by atoms with Crippen molar-refractivity contribution in [3.05, 3.63) is 102 Å². The molecule has 0 spiro atoms. The van der Waals surface area contributed by atoms with Crippen molar-refractivity contribution in [1.82, 2.24) is 0 Å². The van der Waals surface area contributed by atoms with Crippen LogP contribution in [0.2, 0.25) is 0 Å². The van der Waals surface area contributed by atoms with E-state index in [4.69, 9.17) is 4.74 Å². The van der Waals surface area contributed by atoms with Gasteiger partial charge in [0.1, 0.15) is 0 Å². The summed E-state index contributed by atoms with van der Waals surface area (Å²) in [6, 6.07) is 27.7. The second-order valence-corrected chi connectivity index (χ2v) is 8.19. The second kappa shape index (κ2) is 10.4. The summed E-state index contributed by atoms with van der Waals surface area (Å²) in [5.74, 6) is -1.87. The average molecular weight is 443 g/mol. The first-order valence-electron chi connectivity index (χ1n) is 11.5. The molecule has 0 N–H and O–H groups in total. The van der Waals surface area contributed by atoms with Gasteiger partial charge >= 0.3 is 0 Å². The highest BCUT2D eigenvalue weighted by molar-refractivity contribution is 5.73. The zero-order valence-corrected chi connectivity index (χ0v) is 19.1. The van der Waals surface area contributed by atoms with Gasteiger partial charge in [-0.05, 0) is 58.4 Å². The highest BCUT2D eigenvalue weighted by atomic mass is 19.2. The van der Waals surface area contributed by atoms with Crippen LogP contribution in [-0.4, -0.2) is 6.61 Å². The minimum absolute atomic E-state index is 0.0465. The normalized spacial score (nSPS) is 10.9. The van der Waals surface area contributed by atoms with Gasteiger partial charge in [-0.3, -0.25) is 0 Å². The molecule has 0 bridgehead atoms. The van der Waals surface area contributed by atoms with Gasteiger partial charge in [0, 0.05) is 5.56 Å². The van der Waals surface area contributed by atoms with E-state index in [0.717, 1.165) is 30.4 Å². The van der Waals surface area contributed by atoms with Crippen molar-refractivity contribution in [3.8, 4) is 39.1 Å². The summed E-state index contributed by atoms with van der Waals surface area (Å²) >= 11 is 0. The van der Waals surface area contributed by atoms with Gasteiger partial charge in [0.25, 0.3) is 0 Å². The Morgan fingerprint density at radius 3 is 1.52 bits per heavy atom. The lowest BCUT2D eigenvalue weighted by molar-refractivity contribution is 0.295. The van der Waals surface area contributed by atoms with Gasteiger partial charge in [0.2, 0.25) is 5.82 Å². The first-order valence-corrected chi connectivity index (χ1v) is 11.5. The number of aryl methyl sites for hydroxylation is 1. The summed E-state index contributed by atoms with van der Waals surface area (Å²) in [5, 5.41) is 0. The van der Waals surface area contributed by atoms with Crippen LogP contribution in [0.15, 0.2) is 84.9 Å². The number of rotatable bonds is 8. The first-order chi connectivity index (χ1) is 16.1. The van der Waals surface area contributed by atoms with Crippen molar-refractivity contribution in [2.24, 2.45) is 0 Å². The van der Waals surface area contributed by atoms with E-state index >= 15 is 0 Å². The molecule has 0 fully saturated rings. The fourth-order valence-corrected chi connectivity index (χ4v) is 3.93. The van der Waals surface area contributed by atoms with Crippen LogP contribution in [0.25, 0.3) is 33.4 Å². The van der Waals surface area contributed by atoms with E-state index in [1.807, 2.05) is 31.2 Å². The van der Waals surface area contributed by atoms with Crippen LogP contribution in [0.5, 0.6) is 5.75 Å². The van der Waals surface area contributed by atoms with E-state index < -0.39 is 11.6 Å². The maximum absolute atomic E-state index is 14.6. The highest BCUT2D eigenvalue weighted by Gasteiger charge is 2.15. The van der Waals surface area contributed by atoms with Crippen molar-refractivity contribution in [2.45, 2.75) is 33.1 Å². The molecule has 0 atom stereocenters. The predicted octanol–water partition coefficient (Wildman–Crippen LogP) is 8.71. The Bertz CT molecular complexity index is 1190. The van der Waals surface area contributed by atoms with E-state index in [9.17, 15) is 8.78 Å². The number of hydrogen-bond acceptors (Lipinski definition) is 1. The summed E-state index contributed by atoms with van der Waals surface area (Å²) in [5.41, 5.74) is 6.67. The van der Waals surface area contributed by atoms with E-state index in [1.165, 1.54) is 22.8 Å². The number of hydrogen-bond donors (Lipinski definition) is 0. The molecule has 4 aromatic carbocycles. The minimum atomic E-state index is -0.941. The zero-order chi connectivity index (χ0) is 23.2. The third-order valence-electron chi connectivity index (χ3n) is 5.75. The Morgan fingerprint density at radius 1 is 0.545 bits per heavy atom. The molecule has 33 heavy (non-hydrogen) atoms. The second-order valence-electron chi connectivity index (χ2n) is 8.19. The van der Waals surface area contributed by atoms with Crippen LogP contribution in [0.3, 0.4) is 0 Å². The third kappa shape index (κ3) is 5.14. The molecule has 0 heterocycles. The van der Waals surface area contributed by atoms with Gasteiger partial charge in [-0.15, -0.1) is 0 Å². The molecular weight excluding hydrogens is 414 g/mol. The van der Waals surface area contributed by atoms with Crippen LogP contribution in [0, 0.1) is 11.6 Å². The lowest BCUT2D eigenvalue weighted by Gasteiger charge is -2.11. The van der Waals surface area contributed by atoms with Gasteiger partial charge < -0.3 is 4.74 Å². The monoisotopic (exact) mass is 442 g/mol. The number of benzene rings is 4. The molecule has 1 nitrogen and oxygen atoms in total. The highest BCUT2D eigenvalue weighted by Crippen LogP contribution is 2.32.